The first-order valence-electron chi connectivity index (χ1n) is 7.40. The highest BCUT2D eigenvalue weighted by molar-refractivity contribution is 5.68. The van der Waals surface area contributed by atoms with Crippen molar-refractivity contribution in [2.24, 2.45) is 5.92 Å². The van der Waals surface area contributed by atoms with Crippen LogP contribution >= 0.6 is 0 Å². The van der Waals surface area contributed by atoms with Gasteiger partial charge in [-0.25, -0.2) is 4.79 Å². The van der Waals surface area contributed by atoms with Gasteiger partial charge < -0.3 is 19.8 Å². The van der Waals surface area contributed by atoms with E-state index < -0.39 is 10.5 Å². The van der Waals surface area contributed by atoms with Crippen molar-refractivity contribution >= 4 is 11.9 Å². The van der Waals surface area contributed by atoms with E-state index in [2.05, 4.69) is 5.10 Å². The number of amides is 1. The van der Waals surface area contributed by atoms with Crippen LogP contribution in [0.4, 0.5) is 10.6 Å². The van der Waals surface area contributed by atoms with Gasteiger partial charge >= 0.3 is 11.9 Å². The Labute approximate surface area is 129 Å². The van der Waals surface area contributed by atoms with Gasteiger partial charge in [-0.05, 0) is 44.5 Å². The summed E-state index contributed by atoms with van der Waals surface area (Å²) in [6.45, 7) is 7.47. The number of hydrogen-bond donors (Lipinski definition) is 0. The van der Waals surface area contributed by atoms with Crippen LogP contribution in [0.15, 0.2) is 12.3 Å². The van der Waals surface area contributed by atoms with E-state index in [0.717, 1.165) is 12.8 Å². The fraction of sp³-hybridized carbons (Fsp3) is 0.714. The van der Waals surface area contributed by atoms with E-state index in [1.165, 1.54) is 6.07 Å². The number of carbonyl (C=O) groups excluding carboxylic acids is 1. The number of nitrogens with zero attached hydrogens (tertiary/aromatic N) is 4. The molecular weight excluding hydrogens is 288 g/mol. The summed E-state index contributed by atoms with van der Waals surface area (Å²) in [5.41, 5.74) is -0.484. The van der Waals surface area contributed by atoms with E-state index in [1.807, 2.05) is 20.8 Å². The third-order valence-electron chi connectivity index (χ3n) is 3.53. The van der Waals surface area contributed by atoms with Crippen LogP contribution in [-0.4, -0.2) is 44.4 Å². The Morgan fingerprint density at radius 2 is 2.09 bits per heavy atom. The third kappa shape index (κ3) is 4.44. The second-order valence-electron chi connectivity index (χ2n) is 6.56. The van der Waals surface area contributed by atoms with Gasteiger partial charge in [-0.3, -0.25) is 0 Å². The molecule has 2 rings (SSSR count). The lowest BCUT2D eigenvalue weighted by Crippen LogP contribution is -2.42. The van der Waals surface area contributed by atoms with E-state index in [0.29, 0.717) is 25.6 Å². The highest BCUT2D eigenvalue weighted by atomic mass is 16.6. The average Bonchev–Trinajstić information content (AvgIpc) is 2.86. The van der Waals surface area contributed by atoms with Gasteiger partial charge in [-0.15, -0.1) is 0 Å². The Kier molecular flexibility index (Phi) is 4.68. The first kappa shape index (κ1) is 16.3. The molecule has 2 heterocycles. The molecule has 1 aromatic rings. The molecule has 0 N–H and O–H groups in total. The van der Waals surface area contributed by atoms with Gasteiger partial charge in [-0.1, -0.05) is 0 Å². The number of ether oxygens (including phenoxy) is 1. The highest BCUT2D eigenvalue weighted by Gasteiger charge is 2.27. The standard InChI is InChI=1S/C14H22N4O4/c1-14(2,3)22-13(19)16-7-4-11(5-8-16)10-17-9-6-12(15-17)18(20)21/h6,9,11H,4-5,7-8,10H2,1-3H3. The summed E-state index contributed by atoms with van der Waals surface area (Å²) in [4.78, 5) is 23.8. The van der Waals surface area contributed by atoms with Crippen LogP contribution in [0.25, 0.3) is 0 Å². The molecule has 0 atom stereocenters. The van der Waals surface area contributed by atoms with Crippen LogP contribution in [0.5, 0.6) is 0 Å². The van der Waals surface area contributed by atoms with Crippen LogP contribution in [0, 0.1) is 16.0 Å². The SMILES string of the molecule is CC(C)(C)OC(=O)N1CCC(Cn2ccc([N+](=O)[O-])n2)CC1. The summed E-state index contributed by atoms with van der Waals surface area (Å²) < 4.78 is 6.96. The maximum Gasteiger partial charge on any atom is 0.410 e. The molecule has 122 valence electrons. The minimum Gasteiger partial charge on any atom is -0.444 e. The molecule has 1 aromatic heterocycles. The van der Waals surface area contributed by atoms with Crippen molar-refractivity contribution in [3.63, 3.8) is 0 Å². The molecule has 8 nitrogen and oxygen atoms in total. The van der Waals surface area contributed by atoms with Crippen molar-refractivity contribution in [1.29, 1.82) is 0 Å². The highest BCUT2D eigenvalue weighted by Crippen LogP contribution is 2.21. The largest absolute Gasteiger partial charge is 0.444 e. The van der Waals surface area contributed by atoms with E-state index in [9.17, 15) is 14.9 Å². The Balaban J connectivity index is 1.81. The number of piperidine rings is 1. The molecule has 0 spiro atoms. The van der Waals surface area contributed by atoms with Gasteiger partial charge in [0.25, 0.3) is 0 Å². The van der Waals surface area contributed by atoms with E-state index in [-0.39, 0.29) is 11.9 Å². The van der Waals surface area contributed by atoms with Gasteiger partial charge in [0, 0.05) is 13.1 Å². The van der Waals surface area contributed by atoms with Crippen molar-refractivity contribution < 1.29 is 14.5 Å². The lowest BCUT2D eigenvalue weighted by Gasteiger charge is -2.33. The van der Waals surface area contributed by atoms with Crippen molar-refractivity contribution in [1.82, 2.24) is 14.7 Å². The van der Waals surface area contributed by atoms with Gasteiger partial charge in [0.2, 0.25) is 0 Å². The van der Waals surface area contributed by atoms with Crippen molar-refractivity contribution in [3.05, 3.63) is 22.4 Å². The molecule has 22 heavy (non-hydrogen) atoms. The predicted octanol–water partition coefficient (Wildman–Crippen LogP) is 2.44. The minimum atomic E-state index is -0.498. The number of carbonyl (C=O) groups is 1. The first-order valence-corrected chi connectivity index (χ1v) is 7.40. The summed E-state index contributed by atoms with van der Waals surface area (Å²) >= 11 is 0. The fourth-order valence-electron chi connectivity index (χ4n) is 2.44. The topological polar surface area (TPSA) is 90.5 Å². The van der Waals surface area contributed by atoms with Gasteiger partial charge in [0.1, 0.15) is 5.60 Å². The Morgan fingerprint density at radius 3 is 2.59 bits per heavy atom. The molecule has 0 radical (unpaired) electrons. The Bertz CT molecular complexity index is 541. The second kappa shape index (κ2) is 6.33. The maximum absolute atomic E-state index is 12.0. The predicted molar refractivity (Wildman–Crippen MR) is 79.4 cm³/mol. The van der Waals surface area contributed by atoms with Crippen molar-refractivity contribution in [2.45, 2.75) is 45.8 Å². The van der Waals surface area contributed by atoms with E-state index >= 15 is 0 Å². The van der Waals surface area contributed by atoms with Crippen LogP contribution in [0.2, 0.25) is 0 Å². The minimum absolute atomic E-state index is 0.133. The molecule has 0 aromatic carbocycles. The molecule has 1 amide bonds. The fourth-order valence-corrected chi connectivity index (χ4v) is 2.44. The molecule has 1 aliphatic heterocycles. The van der Waals surface area contributed by atoms with Gasteiger partial charge in [0.15, 0.2) is 0 Å². The van der Waals surface area contributed by atoms with Crippen LogP contribution in [0.3, 0.4) is 0 Å². The molecule has 1 saturated heterocycles. The third-order valence-corrected chi connectivity index (χ3v) is 3.53. The number of hydrogen-bond acceptors (Lipinski definition) is 5. The van der Waals surface area contributed by atoms with Crippen molar-refractivity contribution in [3.8, 4) is 0 Å². The zero-order valence-corrected chi connectivity index (χ0v) is 13.2. The smallest absolute Gasteiger partial charge is 0.410 e. The summed E-state index contributed by atoms with van der Waals surface area (Å²) in [5.74, 6) is 0.226. The molecule has 0 aliphatic carbocycles. The molecular formula is C14H22N4O4. The Hall–Kier alpha value is -2.12. The van der Waals surface area contributed by atoms with Crippen LogP contribution in [-0.2, 0) is 11.3 Å². The first-order chi connectivity index (χ1) is 10.2. The van der Waals surface area contributed by atoms with Crippen molar-refractivity contribution in [2.75, 3.05) is 13.1 Å². The molecule has 1 fully saturated rings. The number of rotatable bonds is 3. The molecule has 8 heteroatoms. The summed E-state index contributed by atoms with van der Waals surface area (Å²) in [7, 11) is 0. The Morgan fingerprint density at radius 1 is 1.45 bits per heavy atom. The number of aromatic nitrogens is 2. The quantitative estimate of drug-likeness (QED) is 0.631. The molecule has 0 bridgehead atoms. The average molecular weight is 310 g/mol. The van der Waals surface area contributed by atoms with Crippen LogP contribution in [0.1, 0.15) is 33.6 Å². The van der Waals surface area contributed by atoms with Gasteiger partial charge in [0.05, 0.1) is 23.9 Å². The lowest BCUT2D eigenvalue weighted by molar-refractivity contribution is -0.389. The van der Waals surface area contributed by atoms with E-state index in [4.69, 9.17) is 4.74 Å². The van der Waals surface area contributed by atoms with Crippen LogP contribution < -0.4 is 0 Å². The zero-order valence-electron chi connectivity index (χ0n) is 13.2. The zero-order chi connectivity index (χ0) is 16.3. The lowest BCUT2D eigenvalue weighted by atomic mass is 9.97. The molecule has 1 aliphatic rings. The maximum atomic E-state index is 12.0. The molecule has 0 saturated carbocycles. The monoisotopic (exact) mass is 310 g/mol. The normalized spacial score (nSPS) is 16.6. The number of nitro groups is 1. The second-order valence-corrected chi connectivity index (χ2v) is 6.56. The van der Waals surface area contributed by atoms with Gasteiger partial charge in [-0.2, -0.15) is 4.68 Å². The summed E-state index contributed by atoms with van der Waals surface area (Å²) in [6.07, 6.45) is 3.03. The summed E-state index contributed by atoms with van der Waals surface area (Å²) in [6, 6.07) is 1.40. The number of likely N-dealkylation sites (tertiary alicyclic amines) is 1. The van der Waals surface area contributed by atoms with E-state index in [1.54, 1.807) is 15.8 Å². The molecule has 0 unspecified atom stereocenters. The summed E-state index contributed by atoms with van der Waals surface area (Å²) in [5, 5.41) is 14.5.